The molecule has 3 amide bonds. The van der Waals surface area contributed by atoms with Crippen LogP contribution in [0.5, 0.6) is 17.2 Å². The molecule has 3 rings (SSSR count). The van der Waals surface area contributed by atoms with E-state index in [1.54, 1.807) is 25.2 Å². The van der Waals surface area contributed by atoms with E-state index in [1.807, 2.05) is 0 Å². The first-order valence-corrected chi connectivity index (χ1v) is 8.39. The van der Waals surface area contributed by atoms with E-state index in [0.717, 1.165) is 6.07 Å². The van der Waals surface area contributed by atoms with Crippen molar-refractivity contribution in [1.29, 1.82) is 0 Å². The number of halogens is 2. The summed E-state index contributed by atoms with van der Waals surface area (Å²) in [7, 11) is 3.01. The maximum atomic E-state index is 13.6. The van der Waals surface area contributed by atoms with Gasteiger partial charge >= 0.3 is 6.03 Å². The first kappa shape index (κ1) is 18.8. The van der Waals surface area contributed by atoms with Crippen LogP contribution < -0.4 is 20.1 Å². The number of urea groups is 1. The van der Waals surface area contributed by atoms with Crippen LogP contribution in [0, 0.1) is 5.82 Å². The zero-order valence-corrected chi connectivity index (χ0v) is 15.3. The van der Waals surface area contributed by atoms with Gasteiger partial charge in [-0.3, -0.25) is 4.79 Å². The Hall–Kier alpha value is -3.00. The van der Waals surface area contributed by atoms with Gasteiger partial charge in [0.2, 0.25) is 5.91 Å². The van der Waals surface area contributed by atoms with Gasteiger partial charge in [-0.2, -0.15) is 0 Å². The van der Waals surface area contributed by atoms with Gasteiger partial charge in [-0.25, -0.2) is 9.18 Å². The average Bonchev–Trinajstić information content (AvgIpc) is 2.97. The standard InChI is InChI=1S/C18H17ClFN3O4/c1-23-15(9-21-18(23)25)17(24)22-14-8-11(4-6-16(14)26-2)27-10-3-5-12(19)13(20)7-10/h3-8,15H,9H2,1-2H3,(H,21,25)(H,22,24)/t15-/m0/s1. The van der Waals surface area contributed by atoms with Gasteiger partial charge in [-0.05, 0) is 24.3 Å². The third-order valence-electron chi connectivity index (χ3n) is 4.09. The smallest absolute Gasteiger partial charge is 0.317 e. The molecule has 0 unspecified atom stereocenters. The van der Waals surface area contributed by atoms with Gasteiger partial charge in [0.15, 0.2) is 0 Å². The minimum absolute atomic E-state index is 0.00567. The Morgan fingerprint density at radius 3 is 2.63 bits per heavy atom. The molecule has 1 fully saturated rings. The lowest BCUT2D eigenvalue weighted by Crippen LogP contribution is -2.40. The van der Waals surface area contributed by atoms with Crippen LogP contribution >= 0.6 is 11.6 Å². The fourth-order valence-electron chi connectivity index (χ4n) is 2.60. The van der Waals surface area contributed by atoms with Gasteiger partial charge in [0.05, 0.1) is 17.8 Å². The lowest BCUT2D eigenvalue weighted by atomic mass is 10.2. The van der Waals surface area contributed by atoms with Crippen LogP contribution in [-0.2, 0) is 4.79 Å². The number of ether oxygens (including phenoxy) is 2. The molecular formula is C18H17ClFN3O4. The average molecular weight is 394 g/mol. The van der Waals surface area contributed by atoms with E-state index in [4.69, 9.17) is 21.1 Å². The molecule has 2 aromatic carbocycles. The monoisotopic (exact) mass is 393 g/mol. The topological polar surface area (TPSA) is 79.9 Å². The van der Waals surface area contributed by atoms with E-state index in [9.17, 15) is 14.0 Å². The second kappa shape index (κ2) is 7.71. The number of carbonyl (C=O) groups is 2. The van der Waals surface area contributed by atoms with Crippen LogP contribution in [0.25, 0.3) is 0 Å². The van der Waals surface area contributed by atoms with Gasteiger partial charge in [0.1, 0.15) is 29.1 Å². The van der Waals surface area contributed by atoms with Crippen molar-refractivity contribution in [2.45, 2.75) is 6.04 Å². The predicted octanol–water partition coefficient (Wildman–Crippen LogP) is 3.24. The highest BCUT2D eigenvalue weighted by Crippen LogP contribution is 2.32. The fourth-order valence-corrected chi connectivity index (χ4v) is 2.71. The molecular weight excluding hydrogens is 377 g/mol. The van der Waals surface area contributed by atoms with Crippen molar-refractivity contribution in [2.75, 3.05) is 26.0 Å². The SMILES string of the molecule is COc1ccc(Oc2ccc(Cl)c(F)c2)cc1NC(=O)[C@@H]1CNC(=O)N1C. The molecule has 2 N–H and O–H groups in total. The third-order valence-corrected chi connectivity index (χ3v) is 4.40. The van der Waals surface area contributed by atoms with Crippen molar-refractivity contribution >= 4 is 29.2 Å². The molecule has 1 atom stereocenters. The Morgan fingerprint density at radius 1 is 1.30 bits per heavy atom. The number of amides is 3. The molecule has 142 valence electrons. The lowest BCUT2D eigenvalue weighted by Gasteiger charge is -2.19. The summed E-state index contributed by atoms with van der Waals surface area (Å²) in [6.45, 7) is 0.212. The van der Waals surface area contributed by atoms with E-state index in [2.05, 4.69) is 10.6 Å². The van der Waals surface area contributed by atoms with E-state index < -0.39 is 11.9 Å². The maximum Gasteiger partial charge on any atom is 0.317 e. The Balaban J connectivity index is 1.80. The van der Waals surface area contributed by atoms with Crippen LogP contribution in [0.1, 0.15) is 0 Å². The number of hydrogen-bond acceptors (Lipinski definition) is 4. The summed E-state index contributed by atoms with van der Waals surface area (Å²) in [5.74, 6) is 0.0610. The summed E-state index contributed by atoms with van der Waals surface area (Å²) in [5, 5.41) is 5.31. The minimum atomic E-state index is -0.642. The molecule has 0 bridgehead atoms. The van der Waals surface area contributed by atoms with Crippen LogP contribution in [0.2, 0.25) is 5.02 Å². The van der Waals surface area contributed by atoms with E-state index in [1.165, 1.54) is 24.1 Å². The van der Waals surface area contributed by atoms with Crippen LogP contribution in [0.3, 0.4) is 0 Å². The summed E-state index contributed by atoms with van der Waals surface area (Å²) in [6, 6.07) is 7.90. The van der Waals surface area contributed by atoms with Crippen molar-refractivity contribution in [3.8, 4) is 17.2 Å². The Kier molecular flexibility index (Phi) is 5.36. The van der Waals surface area contributed by atoms with Crippen LogP contribution in [0.4, 0.5) is 14.9 Å². The zero-order valence-electron chi connectivity index (χ0n) is 14.6. The van der Waals surface area contributed by atoms with E-state index in [0.29, 0.717) is 17.2 Å². The molecule has 0 aliphatic carbocycles. The fraction of sp³-hybridized carbons (Fsp3) is 0.222. The zero-order chi connectivity index (χ0) is 19.6. The maximum absolute atomic E-state index is 13.6. The Labute approximate surface area is 160 Å². The summed E-state index contributed by atoms with van der Waals surface area (Å²) in [4.78, 5) is 25.3. The van der Waals surface area contributed by atoms with Crippen molar-refractivity contribution in [3.05, 3.63) is 47.2 Å². The predicted molar refractivity (Wildman–Crippen MR) is 98.1 cm³/mol. The number of nitrogens with one attached hydrogen (secondary N) is 2. The first-order valence-electron chi connectivity index (χ1n) is 8.01. The van der Waals surface area contributed by atoms with Gasteiger partial charge in [-0.1, -0.05) is 11.6 Å². The molecule has 9 heteroatoms. The van der Waals surface area contributed by atoms with Crippen molar-refractivity contribution < 1.29 is 23.5 Å². The van der Waals surface area contributed by atoms with Crippen molar-refractivity contribution in [3.63, 3.8) is 0 Å². The molecule has 1 saturated heterocycles. The van der Waals surface area contributed by atoms with Gasteiger partial charge in [-0.15, -0.1) is 0 Å². The Bertz CT molecular complexity index is 893. The molecule has 27 heavy (non-hydrogen) atoms. The lowest BCUT2D eigenvalue weighted by molar-refractivity contribution is -0.119. The highest BCUT2D eigenvalue weighted by atomic mass is 35.5. The number of rotatable bonds is 5. The molecule has 0 saturated carbocycles. The number of anilines is 1. The number of nitrogens with zero attached hydrogens (tertiary/aromatic N) is 1. The molecule has 0 radical (unpaired) electrons. The highest BCUT2D eigenvalue weighted by Gasteiger charge is 2.33. The van der Waals surface area contributed by atoms with Gasteiger partial charge in [0, 0.05) is 25.7 Å². The summed E-state index contributed by atoms with van der Waals surface area (Å²) < 4.78 is 24.4. The normalized spacial score (nSPS) is 16.1. The summed E-state index contributed by atoms with van der Waals surface area (Å²) in [5.41, 5.74) is 0.363. The van der Waals surface area contributed by atoms with Crippen molar-refractivity contribution in [1.82, 2.24) is 10.2 Å². The van der Waals surface area contributed by atoms with Gasteiger partial charge < -0.3 is 25.0 Å². The molecule has 1 heterocycles. The quantitative estimate of drug-likeness (QED) is 0.817. The first-order chi connectivity index (χ1) is 12.9. The molecule has 2 aromatic rings. The minimum Gasteiger partial charge on any atom is -0.495 e. The van der Waals surface area contributed by atoms with E-state index >= 15 is 0 Å². The van der Waals surface area contributed by atoms with Gasteiger partial charge in [0.25, 0.3) is 0 Å². The molecule has 1 aliphatic heterocycles. The third kappa shape index (κ3) is 4.06. The van der Waals surface area contributed by atoms with Crippen molar-refractivity contribution in [2.24, 2.45) is 0 Å². The number of carbonyl (C=O) groups excluding carboxylic acids is 2. The number of likely N-dealkylation sites (N-methyl/N-ethyl adjacent to an activating group) is 1. The number of benzene rings is 2. The summed E-state index contributed by atoms with van der Waals surface area (Å²) >= 11 is 5.66. The number of methoxy groups -OCH3 is 1. The molecule has 7 nitrogen and oxygen atoms in total. The molecule has 1 aliphatic rings. The molecule has 0 aromatic heterocycles. The second-order valence-electron chi connectivity index (χ2n) is 5.84. The van der Waals surface area contributed by atoms with Crippen LogP contribution in [0.15, 0.2) is 36.4 Å². The Morgan fingerprint density at radius 2 is 2.00 bits per heavy atom. The summed E-state index contributed by atoms with van der Waals surface area (Å²) in [6.07, 6.45) is 0. The highest BCUT2D eigenvalue weighted by molar-refractivity contribution is 6.30. The molecule has 0 spiro atoms. The van der Waals surface area contributed by atoms with E-state index in [-0.39, 0.29) is 29.3 Å². The largest absolute Gasteiger partial charge is 0.495 e. The second-order valence-corrected chi connectivity index (χ2v) is 6.25. The van der Waals surface area contributed by atoms with Crippen LogP contribution in [-0.4, -0.2) is 43.6 Å². The number of hydrogen-bond donors (Lipinski definition) is 2.